The molecule has 5 rings (SSSR count). The highest BCUT2D eigenvalue weighted by Crippen LogP contribution is 2.38. The van der Waals surface area contributed by atoms with Crippen molar-refractivity contribution in [2.75, 3.05) is 14.2 Å². The van der Waals surface area contributed by atoms with Gasteiger partial charge in [-0.3, -0.25) is 14.2 Å². The molecule has 1 aliphatic heterocycles. The van der Waals surface area contributed by atoms with Crippen molar-refractivity contribution in [3.63, 3.8) is 0 Å². The Kier molecular flexibility index (Phi) is 5.81. The highest BCUT2D eigenvalue weighted by atomic mass is 32.1. The minimum Gasteiger partial charge on any atom is -0.493 e. The normalized spacial score (nSPS) is 15.4. The smallest absolute Gasteiger partial charge is 0.263 e. The molecule has 1 aromatic carbocycles. The number of hydrazone groups is 1. The van der Waals surface area contributed by atoms with E-state index < -0.39 is 0 Å². The third-order valence-corrected chi connectivity index (χ3v) is 6.59. The van der Waals surface area contributed by atoms with E-state index in [9.17, 15) is 9.59 Å². The molecule has 0 aliphatic carbocycles. The van der Waals surface area contributed by atoms with Gasteiger partial charge in [0.05, 0.1) is 36.2 Å². The molecule has 1 aliphatic rings. The van der Waals surface area contributed by atoms with E-state index in [0.29, 0.717) is 29.0 Å². The van der Waals surface area contributed by atoms with Crippen LogP contribution in [0, 0.1) is 0 Å². The van der Waals surface area contributed by atoms with Crippen LogP contribution in [0.1, 0.15) is 22.9 Å². The molecule has 0 spiro atoms. The molecule has 1 amide bonds. The summed E-state index contributed by atoms with van der Waals surface area (Å²) >= 11 is 1.57. The van der Waals surface area contributed by atoms with Crippen LogP contribution in [0.4, 0.5) is 0 Å². The summed E-state index contributed by atoms with van der Waals surface area (Å²) in [6.07, 6.45) is 3.46. The summed E-state index contributed by atoms with van der Waals surface area (Å²) < 4.78 is 12.1. The van der Waals surface area contributed by atoms with Gasteiger partial charge in [0.25, 0.3) is 11.5 Å². The maximum atomic E-state index is 13.4. The summed E-state index contributed by atoms with van der Waals surface area (Å²) in [6.45, 7) is -0.193. The predicted octanol–water partition coefficient (Wildman–Crippen LogP) is 3.25. The van der Waals surface area contributed by atoms with Gasteiger partial charge in [0.2, 0.25) is 0 Å². The standard InChI is InChI=1S/C24H21N5O4S/c1-32-19-8-7-15(11-20(19)33-2)18-12-17(21-6-4-10-34-21)27-29(18)22(30)13-28-14-26-23-16(24(28)31)5-3-9-25-23/h3-11,14,18H,12-13H2,1-2H3/t18-/m1/s1. The number of pyridine rings is 1. The molecule has 0 bridgehead atoms. The summed E-state index contributed by atoms with van der Waals surface area (Å²) in [7, 11) is 3.15. The van der Waals surface area contributed by atoms with Gasteiger partial charge in [-0.15, -0.1) is 11.3 Å². The van der Waals surface area contributed by atoms with E-state index in [1.807, 2.05) is 35.7 Å². The van der Waals surface area contributed by atoms with Crippen LogP contribution >= 0.6 is 11.3 Å². The molecule has 34 heavy (non-hydrogen) atoms. The van der Waals surface area contributed by atoms with Gasteiger partial charge in [-0.05, 0) is 41.3 Å². The lowest BCUT2D eigenvalue weighted by atomic mass is 10.0. The number of aromatic nitrogens is 3. The molecular formula is C24H21N5O4S. The Labute approximate surface area is 198 Å². The number of hydrogen-bond donors (Lipinski definition) is 0. The number of amides is 1. The van der Waals surface area contributed by atoms with E-state index in [1.54, 1.807) is 43.9 Å². The largest absolute Gasteiger partial charge is 0.493 e. The Morgan fingerprint density at radius 2 is 1.97 bits per heavy atom. The van der Waals surface area contributed by atoms with Crippen molar-refractivity contribution in [2.24, 2.45) is 5.10 Å². The fraction of sp³-hybridized carbons (Fsp3) is 0.208. The Bertz CT molecular complexity index is 1450. The fourth-order valence-electron chi connectivity index (χ4n) is 3.98. The van der Waals surface area contributed by atoms with E-state index in [4.69, 9.17) is 9.47 Å². The zero-order chi connectivity index (χ0) is 23.7. The summed E-state index contributed by atoms with van der Waals surface area (Å²) in [4.78, 5) is 35.6. The Morgan fingerprint density at radius 1 is 1.12 bits per heavy atom. The Hall–Kier alpha value is -4.05. The van der Waals surface area contributed by atoms with E-state index in [-0.39, 0.29) is 24.1 Å². The van der Waals surface area contributed by atoms with Gasteiger partial charge in [-0.25, -0.2) is 15.0 Å². The number of hydrogen-bond acceptors (Lipinski definition) is 8. The molecule has 9 nitrogen and oxygen atoms in total. The van der Waals surface area contributed by atoms with Crippen molar-refractivity contribution >= 4 is 34.0 Å². The van der Waals surface area contributed by atoms with E-state index in [0.717, 1.165) is 16.2 Å². The number of methoxy groups -OCH3 is 2. The first-order valence-electron chi connectivity index (χ1n) is 10.5. The number of benzene rings is 1. The molecule has 4 aromatic rings. The molecule has 172 valence electrons. The molecular weight excluding hydrogens is 454 g/mol. The van der Waals surface area contributed by atoms with Crippen molar-refractivity contribution in [2.45, 2.75) is 19.0 Å². The number of thiophene rings is 1. The highest BCUT2D eigenvalue weighted by Gasteiger charge is 2.34. The molecule has 0 unspecified atom stereocenters. The predicted molar refractivity (Wildman–Crippen MR) is 128 cm³/mol. The minimum atomic E-state index is -0.352. The number of rotatable bonds is 6. The van der Waals surface area contributed by atoms with Crippen LogP contribution < -0.4 is 15.0 Å². The SMILES string of the molecule is COc1ccc([C@H]2CC(c3cccs3)=NN2C(=O)Cn2cnc3ncccc3c2=O)cc1OC. The second-order valence-corrected chi connectivity index (χ2v) is 8.60. The summed E-state index contributed by atoms with van der Waals surface area (Å²) in [6, 6.07) is 12.5. The third-order valence-electron chi connectivity index (χ3n) is 5.67. The molecule has 1 atom stereocenters. The van der Waals surface area contributed by atoms with Gasteiger partial charge in [0, 0.05) is 12.6 Å². The van der Waals surface area contributed by atoms with Gasteiger partial charge >= 0.3 is 0 Å². The molecule has 4 heterocycles. The minimum absolute atomic E-state index is 0.193. The molecule has 0 saturated heterocycles. The lowest BCUT2D eigenvalue weighted by Gasteiger charge is -2.23. The lowest BCUT2D eigenvalue weighted by Crippen LogP contribution is -2.34. The maximum absolute atomic E-state index is 13.4. The second kappa shape index (κ2) is 9.06. The second-order valence-electron chi connectivity index (χ2n) is 7.65. The number of carbonyl (C=O) groups excluding carboxylic acids is 1. The van der Waals surface area contributed by atoms with Gasteiger partial charge in [-0.2, -0.15) is 5.10 Å². The van der Waals surface area contributed by atoms with Crippen LogP contribution in [0.15, 0.2) is 70.3 Å². The van der Waals surface area contributed by atoms with E-state index in [2.05, 4.69) is 15.1 Å². The summed E-state index contributed by atoms with van der Waals surface area (Å²) in [5.41, 5.74) is 1.69. The Morgan fingerprint density at radius 3 is 2.74 bits per heavy atom. The summed E-state index contributed by atoms with van der Waals surface area (Å²) in [5, 5.41) is 8.45. The van der Waals surface area contributed by atoms with Gasteiger partial charge in [0.1, 0.15) is 12.9 Å². The first-order chi connectivity index (χ1) is 16.6. The number of ether oxygens (including phenoxy) is 2. The number of carbonyl (C=O) groups is 1. The molecule has 0 radical (unpaired) electrons. The van der Waals surface area contributed by atoms with Gasteiger partial charge in [-0.1, -0.05) is 12.1 Å². The number of fused-ring (bicyclic) bond motifs is 1. The third kappa shape index (κ3) is 3.92. The van der Waals surface area contributed by atoms with Gasteiger partial charge in [0.15, 0.2) is 17.1 Å². The van der Waals surface area contributed by atoms with Crippen LogP contribution in [0.3, 0.4) is 0 Å². The zero-order valence-electron chi connectivity index (χ0n) is 18.5. The van der Waals surface area contributed by atoms with E-state index >= 15 is 0 Å². The lowest BCUT2D eigenvalue weighted by molar-refractivity contribution is -0.133. The van der Waals surface area contributed by atoms with Gasteiger partial charge < -0.3 is 9.47 Å². The van der Waals surface area contributed by atoms with Crippen LogP contribution in [0.2, 0.25) is 0 Å². The molecule has 0 saturated carbocycles. The van der Waals surface area contributed by atoms with Crippen LogP contribution in [-0.4, -0.2) is 45.4 Å². The fourth-order valence-corrected chi connectivity index (χ4v) is 4.70. The van der Waals surface area contributed by atoms with Crippen molar-refractivity contribution in [3.05, 3.63) is 81.2 Å². The van der Waals surface area contributed by atoms with E-state index in [1.165, 1.54) is 15.9 Å². The first-order valence-corrected chi connectivity index (χ1v) is 11.4. The average molecular weight is 476 g/mol. The maximum Gasteiger partial charge on any atom is 0.263 e. The first kappa shape index (κ1) is 21.8. The molecule has 3 aromatic heterocycles. The molecule has 0 fully saturated rings. The monoisotopic (exact) mass is 475 g/mol. The quantitative estimate of drug-likeness (QED) is 0.425. The van der Waals surface area contributed by atoms with Crippen LogP contribution in [-0.2, 0) is 11.3 Å². The van der Waals surface area contributed by atoms with Crippen LogP contribution in [0.5, 0.6) is 11.5 Å². The van der Waals surface area contributed by atoms with Crippen LogP contribution in [0.25, 0.3) is 11.0 Å². The zero-order valence-corrected chi connectivity index (χ0v) is 19.4. The molecule has 0 N–H and O–H groups in total. The molecule has 10 heteroatoms. The van der Waals surface area contributed by atoms with Crippen molar-refractivity contribution < 1.29 is 14.3 Å². The van der Waals surface area contributed by atoms with Crippen molar-refractivity contribution in [1.29, 1.82) is 0 Å². The van der Waals surface area contributed by atoms with Crippen molar-refractivity contribution in [3.8, 4) is 11.5 Å². The Balaban J connectivity index is 1.50. The summed E-state index contributed by atoms with van der Waals surface area (Å²) in [5.74, 6) is 0.849. The van der Waals surface area contributed by atoms with Crippen molar-refractivity contribution in [1.82, 2.24) is 19.5 Å². The average Bonchev–Trinajstić information content (AvgIpc) is 3.56. The highest BCUT2D eigenvalue weighted by molar-refractivity contribution is 7.12. The topological polar surface area (TPSA) is 98.9 Å². The number of nitrogens with zero attached hydrogens (tertiary/aromatic N) is 5.